The molecule has 15 nitrogen and oxygen atoms in total. The van der Waals surface area contributed by atoms with Crippen molar-refractivity contribution in [2.24, 2.45) is 11.8 Å². The zero-order chi connectivity index (χ0) is 49.3. The van der Waals surface area contributed by atoms with Gasteiger partial charge in [0.05, 0.1) is 37.7 Å². The number of hydrogen-bond donors (Lipinski definition) is 0. The lowest BCUT2D eigenvalue weighted by Gasteiger charge is -2.47. The SMILES string of the molecule is [C-]#[N+]CCOP(=S)(OC[C@H]1C[C@@H](n2cnc3c(Cl)ncnc32)[C@@H]1COC(c1ccccc1)(c1ccccc1)c1ccccc1)O[C@@H]1[C@H](O[Si](C)(C)C(C)(C)C)[C@@H](CC)O[C@H]1n1cnc2c(C)ncnc21. The van der Waals surface area contributed by atoms with Crippen LogP contribution in [0.4, 0.5) is 0 Å². The van der Waals surface area contributed by atoms with Crippen LogP contribution in [0.5, 0.6) is 0 Å². The predicted molar refractivity (Wildman–Crippen MR) is 275 cm³/mol. The second kappa shape index (κ2) is 20.7. The molecule has 1 aliphatic carbocycles. The number of hydrogen-bond acceptors (Lipinski definition) is 13. The van der Waals surface area contributed by atoms with Crippen LogP contribution in [0.2, 0.25) is 23.3 Å². The molecular formula is C51H59ClN9O6PSSi. The van der Waals surface area contributed by atoms with E-state index in [4.69, 9.17) is 62.4 Å². The Hall–Kier alpha value is -4.83. The molecule has 4 aromatic heterocycles. The van der Waals surface area contributed by atoms with Gasteiger partial charge >= 0.3 is 6.72 Å². The number of ether oxygens (including phenoxy) is 2. The van der Waals surface area contributed by atoms with E-state index in [9.17, 15) is 0 Å². The van der Waals surface area contributed by atoms with Crippen LogP contribution in [-0.4, -0.2) is 92.0 Å². The van der Waals surface area contributed by atoms with Crippen molar-refractivity contribution in [1.82, 2.24) is 39.0 Å². The Kier molecular flexibility index (Phi) is 14.8. The fraction of sp³-hybridized carbons (Fsp3) is 0.431. The summed E-state index contributed by atoms with van der Waals surface area (Å²) in [5.41, 5.74) is 5.11. The minimum Gasteiger partial charge on any atom is -0.408 e. The molecule has 0 N–H and O–H groups in total. The zero-order valence-corrected chi connectivity index (χ0v) is 43.9. The number of fused-ring (bicyclic) bond motifs is 2. The topological polar surface area (TPSA) is 147 Å². The molecule has 2 aliphatic rings. The summed E-state index contributed by atoms with van der Waals surface area (Å²) in [5.74, 6) is -0.263. The summed E-state index contributed by atoms with van der Waals surface area (Å²) in [5, 5.41) is 0.153. The first-order chi connectivity index (χ1) is 33.7. The van der Waals surface area contributed by atoms with E-state index in [0.717, 1.165) is 22.4 Å². The second-order valence-electron chi connectivity index (χ2n) is 19.4. The highest BCUT2D eigenvalue weighted by molar-refractivity contribution is 8.07. The van der Waals surface area contributed by atoms with Gasteiger partial charge in [-0.1, -0.05) is 130 Å². The maximum absolute atomic E-state index is 7.62. The molecule has 2 fully saturated rings. The monoisotopic (exact) mass is 1020 g/mol. The molecule has 0 amide bonds. The number of halogens is 1. The third-order valence-corrected chi connectivity index (χ3v) is 21.3. The van der Waals surface area contributed by atoms with Crippen LogP contribution >= 0.6 is 18.3 Å². The lowest BCUT2D eigenvalue weighted by molar-refractivity contribution is -0.0774. The molecule has 19 heteroatoms. The molecule has 70 heavy (non-hydrogen) atoms. The molecule has 3 aromatic carbocycles. The van der Waals surface area contributed by atoms with E-state index in [1.165, 1.54) is 12.7 Å². The van der Waals surface area contributed by atoms with Crippen LogP contribution in [0.25, 0.3) is 27.2 Å². The molecule has 1 saturated heterocycles. The Labute approximate surface area is 420 Å². The molecular weight excluding hydrogens is 961 g/mol. The van der Waals surface area contributed by atoms with Crippen LogP contribution in [0.1, 0.15) is 75.2 Å². The van der Waals surface area contributed by atoms with Gasteiger partial charge in [0.25, 0.3) is 0 Å². The minimum absolute atomic E-state index is 0.0134. The van der Waals surface area contributed by atoms with E-state index in [2.05, 4.69) is 112 Å². The first-order valence-electron chi connectivity index (χ1n) is 23.7. The second-order valence-corrected chi connectivity index (χ2v) is 27.5. The number of benzene rings is 3. The van der Waals surface area contributed by atoms with Crippen molar-refractivity contribution in [3.05, 3.63) is 155 Å². The summed E-state index contributed by atoms with van der Waals surface area (Å²) >= 11 is 13.0. The largest absolute Gasteiger partial charge is 0.408 e. The Bertz CT molecular complexity index is 2900. The summed E-state index contributed by atoms with van der Waals surface area (Å²) in [6, 6.07) is 30.8. The summed E-state index contributed by atoms with van der Waals surface area (Å²) < 4.78 is 46.2. The van der Waals surface area contributed by atoms with E-state index in [0.29, 0.717) is 41.8 Å². The molecule has 0 spiro atoms. The van der Waals surface area contributed by atoms with E-state index in [1.807, 2.05) is 66.1 Å². The van der Waals surface area contributed by atoms with Gasteiger partial charge in [0.1, 0.15) is 48.1 Å². The molecule has 0 bridgehead atoms. The quantitative estimate of drug-likeness (QED) is 0.0189. The predicted octanol–water partition coefficient (Wildman–Crippen LogP) is 11.1. The summed E-state index contributed by atoms with van der Waals surface area (Å²) in [6.45, 7) is 19.5. The Morgan fingerprint density at radius 2 is 1.39 bits per heavy atom. The van der Waals surface area contributed by atoms with Gasteiger partial charge in [-0.3, -0.25) is 9.09 Å². The normalized spacial score (nSPS) is 22.8. The maximum atomic E-state index is 7.62. The fourth-order valence-electron chi connectivity index (χ4n) is 9.41. The van der Waals surface area contributed by atoms with E-state index in [1.54, 1.807) is 12.7 Å². The average molecular weight is 1020 g/mol. The van der Waals surface area contributed by atoms with Crippen molar-refractivity contribution < 1.29 is 27.5 Å². The smallest absolute Gasteiger partial charge is 0.327 e. The molecule has 8 atom stereocenters. The van der Waals surface area contributed by atoms with Crippen LogP contribution in [0.15, 0.2) is 116 Å². The fourth-order valence-corrected chi connectivity index (χ4v) is 13.0. The zero-order valence-electron chi connectivity index (χ0n) is 40.5. The summed E-state index contributed by atoms with van der Waals surface area (Å²) in [7, 11) is -2.44. The Balaban J connectivity index is 1.08. The van der Waals surface area contributed by atoms with Gasteiger partial charge < -0.3 is 32.4 Å². The number of rotatable bonds is 19. The van der Waals surface area contributed by atoms with Crippen molar-refractivity contribution in [1.29, 1.82) is 0 Å². The van der Waals surface area contributed by atoms with E-state index >= 15 is 0 Å². The van der Waals surface area contributed by atoms with Crippen LogP contribution in [0.3, 0.4) is 0 Å². The maximum Gasteiger partial charge on any atom is 0.327 e. The van der Waals surface area contributed by atoms with Crippen molar-refractivity contribution in [2.75, 3.05) is 26.4 Å². The first kappa shape index (κ1) is 50.1. The van der Waals surface area contributed by atoms with Gasteiger partial charge in [-0.25, -0.2) is 36.5 Å². The van der Waals surface area contributed by atoms with Crippen LogP contribution in [-0.2, 0) is 44.9 Å². The molecule has 9 rings (SSSR count). The van der Waals surface area contributed by atoms with Crippen molar-refractivity contribution in [2.45, 2.75) is 102 Å². The van der Waals surface area contributed by atoms with Gasteiger partial charge in [-0.2, -0.15) is 0 Å². The van der Waals surface area contributed by atoms with E-state index in [-0.39, 0.29) is 53.9 Å². The molecule has 7 aromatic rings. The molecule has 1 unspecified atom stereocenters. The molecule has 0 radical (unpaired) electrons. The van der Waals surface area contributed by atoms with Crippen molar-refractivity contribution >= 4 is 60.8 Å². The van der Waals surface area contributed by atoms with Crippen molar-refractivity contribution in [3.63, 3.8) is 0 Å². The number of aromatic nitrogens is 8. The summed E-state index contributed by atoms with van der Waals surface area (Å²) in [6.07, 6.45) is 5.28. The molecule has 1 aliphatic heterocycles. The average Bonchev–Trinajstić information content (AvgIpc) is 4.07. The summed E-state index contributed by atoms with van der Waals surface area (Å²) in [4.78, 5) is 30.8. The van der Waals surface area contributed by atoms with Gasteiger partial charge in [0.15, 0.2) is 31.0 Å². The van der Waals surface area contributed by atoms with E-state index < -0.39 is 39.1 Å². The van der Waals surface area contributed by atoms with Gasteiger partial charge in [-0.05, 0) is 72.3 Å². The van der Waals surface area contributed by atoms with Crippen molar-refractivity contribution in [3.8, 4) is 0 Å². The third-order valence-electron chi connectivity index (χ3n) is 14.2. The number of nitrogens with zero attached hydrogens (tertiary/aromatic N) is 9. The minimum atomic E-state index is -3.69. The van der Waals surface area contributed by atoms with Crippen LogP contribution in [0, 0.1) is 25.3 Å². The molecule has 366 valence electrons. The highest BCUT2D eigenvalue weighted by Crippen LogP contribution is 2.58. The Morgan fingerprint density at radius 1 is 0.800 bits per heavy atom. The van der Waals surface area contributed by atoms with Gasteiger partial charge in [0, 0.05) is 12.0 Å². The third kappa shape index (κ3) is 9.76. The van der Waals surface area contributed by atoms with Gasteiger partial charge in [-0.15, -0.1) is 0 Å². The highest BCUT2D eigenvalue weighted by Gasteiger charge is 2.54. The van der Waals surface area contributed by atoms with Gasteiger partial charge in [0.2, 0.25) is 6.54 Å². The first-order valence-corrected chi connectivity index (χ1v) is 29.5. The molecule has 1 saturated carbocycles. The standard InChI is InChI=1S/C51H59ClN9O6PSSi/c1-9-41-44(67-70(7,8)50(3,4)5)45(49(65-41)61-33-58-42-34(2)54-30-56-47(42)61)66-68(69,63-26-25-53-6)64-28-35-27-40(60-32-59-43-46(52)55-31-57-48(43)60)39(35)29-62-51(36-19-13-10-14-20-36,37-21-15-11-16-22-37)38-23-17-12-18-24-38/h10-24,30-33,35,39-41,44-45,49H,9,25-29H2,1-5,7-8H3/t35-,39-,40-,41-,44-,45-,49-,68?/m1/s1. The lowest BCUT2D eigenvalue weighted by Crippen LogP contribution is -2.49. The van der Waals surface area contributed by atoms with Crippen LogP contribution < -0.4 is 0 Å². The lowest BCUT2D eigenvalue weighted by atomic mass is 9.69. The highest BCUT2D eigenvalue weighted by atomic mass is 35.5. The Morgan fingerprint density at radius 3 is 1.99 bits per heavy atom. The number of imidazole rings is 2. The number of aryl methyl sites for hydroxylation is 1. The molecule has 5 heterocycles.